The van der Waals surface area contributed by atoms with Gasteiger partial charge in [0.25, 0.3) is 5.69 Å². The number of non-ortho nitro benzene ring substituents is 1. The quantitative estimate of drug-likeness (QED) is 0.213. The summed E-state index contributed by atoms with van der Waals surface area (Å²) in [7, 11) is 0. The Morgan fingerprint density at radius 2 is 2.07 bits per heavy atom. The molecule has 3 rings (SSSR count). The van der Waals surface area contributed by atoms with E-state index in [2.05, 4.69) is 22.0 Å². The summed E-state index contributed by atoms with van der Waals surface area (Å²) in [6.07, 6.45) is 5.26. The number of hydrogen-bond acceptors (Lipinski definition) is 4. The van der Waals surface area contributed by atoms with Crippen molar-refractivity contribution < 1.29 is 4.92 Å². The second-order valence-corrected chi connectivity index (χ2v) is 7.56. The van der Waals surface area contributed by atoms with Gasteiger partial charge >= 0.3 is 0 Å². The minimum atomic E-state index is -0.357. The fourth-order valence-electron chi connectivity index (χ4n) is 4.04. The van der Waals surface area contributed by atoms with Gasteiger partial charge in [-0.25, -0.2) is 4.99 Å². The molecule has 2 aliphatic heterocycles. The summed E-state index contributed by atoms with van der Waals surface area (Å²) in [4.78, 5) is 20.3. The first-order valence-electron chi connectivity index (χ1n) is 10.1. The van der Waals surface area contributed by atoms with Crippen LogP contribution >= 0.6 is 24.0 Å². The number of benzene rings is 1. The number of piperidine rings is 1. The first-order valence-corrected chi connectivity index (χ1v) is 10.1. The highest BCUT2D eigenvalue weighted by Gasteiger charge is 2.26. The van der Waals surface area contributed by atoms with E-state index in [0.717, 1.165) is 31.2 Å². The lowest BCUT2D eigenvalue weighted by molar-refractivity contribution is -0.384. The van der Waals surface area contributed by atoms with Crippen LogP contribution in [0.1, 0.15) is 38.2 Å². The molecule has 0 aliphatic carbocycles. The molecule has 0 amide bonds. The van der Waals surface area contributed by atoms with Gasteiger partial charge in [0.2, 0.25) is 0 Å². The maximum absolute atomic E-state index is 10.9. The zero-order chi connectivity index (χ0) is 19.1. The molecule has 2 aliphatic rings. The number of nitro benzene ring substituents is 1. The van der Waals surface area contributed by atoms with E-state index in [9.17, 15) is 10.1 Å². The standard InChI is InChI=1S/C20H31N5O2.HI/c1-2-21-20(22-14-17-7-6-8-19(13-17)25(26)27)24-12-9-18(16-24)15-23-10-4-3-5-11-23;/h6-8,13,18H,2-5,9-12,14-16H2,1H3,(H,21,22);1H. The van der Waals surface area contributed by atoms with E-state index < -0.39 is 0 Å². The number of guanidine groups is 1. The molecular formula is C20H32IN5O2. The Morgan fingerprint density at radius 3 is 2.79 bits per heavy atom. The van der Waals surface area contributed by atoms with Crippen LogP contribution < -0.4 is 5.32 Å². The van der Waals surface area contributed by atoms with Gasteiger partial charge in [0.1, 0.15) is 0 Å². The number of nitrogens with one attached hydrogen (secondary N) is 1. The number of nitro groups is 1. The molecule has 8 heteroatoms. The summed E-state index contributed by atoms with van der Waals surface area (Å²) >= 11 is 0. The molecule has 1 aromatic rings. The number of halogens is 1. The lowest BCUT2D eigenvalue weighted by atomic mass is 10.1. The molecule has 0 saturated carbocycles. The summed E-state index contributed by atoms with van der Waals surface area (Å²) in [5.74, 6) is 1.62. The van der Waals surface area contributed by atoms with E-state index in [1.165, 1.54) is 51.4 Å². The van der Waals surface area contributed by atoms with Crippen LogP contribution in [0.15, 0.2) is 29.3 Å². The van der Waals surface area contributed by atoms with Crippen LogP contribution in [-0.4, -0.2) is 60.0 Å². The number of hydrogen-bond donors (Lipinski definition) is 1. The van der Waals surface area contributed by atoms with E-state index in [1.54, 1.807) is 12.1 Å². The highest BCUT2D eigenvalue weighted by atomic mass is 127. The summed E-state index contributed by atoms with van der Waals surface area (Å²) in [6.45, 7) is 9.11. The minimum absolute atomic E-state index is 0. The molecule has 2 saturated heterocycles. The lowest BCUT2D eigenvalue weighted by Gasteiger charge is -2.29. The first kappa shape index (κ1) is 22.9. The van der Waals surface area contributed by atoms with Crippen molar-refractivity contribution in [1.82, 2.24) is 15.1 Å². The number of rotatable bonds is 6. The van der Waals surface area contributed by atoms with Crippen LogP contribution in [0.4, 0.5) is 5.69 Å². The van der Waals surface area contributed by atoms with E-state index in [0.29, 0.717) is 12.5 Å². The minimum Gasteiger partial charge on any atom is -0.357 e. The molecular weight excluding hydrogens is 469 g/mol. The van der Waals surface area contributed by atoms with Crippen molar-refractivity contribution in [3.8, 4) is 0 Å². The highest BCUT2D eigenvalue weighted by molar-refractivity contribution is 14.0. The lowest BCUT2D eigenvalue weighted by Crippen LogP contribution is -2.41. The predicted octanol–water partition coefficient (Wildman–Crippen LogP) is 3.49. The maximum Gasteiger partial charge on any atom is 0.269 e. The van der Waals surface area contributed by atoms with Crippen LogP contribution in [0.5, 0.6) is 0 Å². The monoisotopic (exact) mass is 501 g/mol. The molecule has 156 valence electrons. The molecule has 0 bridgehead atoms. The van der Waals surface area contributed by atoms with Crippen molar-refractivity contribution in [1.29, 1.82) is 0 Å². The van der Waals surface area contributed by atoms with Crippen LogP contribution in [0.2, 0.25) is 0 Å². The van der Waals surface area contributed by atoms with Gasteiger partial charge in [-0.3, -0.25) is 10.1 Å². The average molecular weight is 501 g/mol. The smallest absolute Gasteiger partial charge is 0.269 e. The SMILES string of the molecule is CCNC(=NCc1cccc([N+](=O)[O-])c1)N1CCC(CN2CCCCC2)C1.I. The van der Waals surface area contributed by atoms with Crippen LogP contribution in [-0.2, 0) is 6.54 Å². The van der Waals surface area contributed by atoms with E-state index in [1.807, 2.05) is 6.07 Å². The van der Waals surface area contributed by atoms with E-state index in [4.69, 9.17) is 4.99 Å². The van der Waals surface area contributed by atoms with Crippen LogP contribution in [0, 0.1) is 16.0 Å². The fraction of sp³-hybridized carbons (Fsp3) is 0.650. The number of likely N-dealkylation sites (tertiary alicyclic amines) is 2. The largest absolute Gasteiger partial charge is 0.357 e. The van der Waals surface area contributed by atoms with Gasteiger partial charge in [-0.2, -0.15) is 0 Å². The highest BCUT2D eigenvalue weighted by Crippen LogP contribution is 2.20. The Labute approximate surface area is 184 Å². The van der Waals surface area contributed by atoms with Gasteiger partial charge < -0.3 is 15.1 Å². The van der Waals surface area contributed by atoms with E-state index in [-0.39, 0.29) is 34.6 Å². The van der Waals surface area contributed by atoms with Gasteiger partial charge in [-0.05, 0) is 50.8 Å². The molecule has 2 heterocycles. The maximum atomic E-state index is 10.9. The van der Waals surface area contributed by atoms with Crippen molar-refractivity contribution in [3.63, 3.8) is 0 Å². The second kappa shape index (κ2) is 11.5. The number of aliphatic imine (C=N–C) groups is 1. The van der Waals surface area contributed by atoms with Crippen molar-refractivity contribution in [2.24, 2.45) is 10.9 Å². The molecule has 1 aromatic carbocycles. The van der Waals surface area contributed by atoms with Gasteiger partial charge in [-0.15, -0.1) is 24.0 Å². The predicted molar refractivity (Wildman–Crippen MR) is 123 cm³/mol. The summed E-state index contributed by atoms with van der Waals surface area (Å²) < 4.78 is 0. The molecule has 1 unspecified atom stereocenters. The number of nitrogens with zero attached hydrogens (tertiary/aromatic N) is 4. The first-order chi connectivity index (χ1) is 13.2. The molecule has 2 fully saturated rings. The van der Waals surface area contributed by atoms with Gasteiger partial charge in [0.15, 0.2) is 5.96 Å². The average Bonchev–Trinajstić information content (AvgIpc) is 3.14. The van der Waals surface area contributed by atoms with Gasteiger partial charge in [-0.1, -0.05) is 18.6 Å². The Balaban J connectivity index is 0.00000280. The molecule has 0 spiro atoms. The van der Waals surface area contributed by atoms with Crippen LogP contribution in [0.25, 0.3) is 0 Å². The van der Waals surface area contributed by atoms with Crippen molar-refractivity contribution >= 4 is 35.6 Å². The molecule has 0 aromatic heterocycles. The molecule has 7 nitrogen and oxygen atoms in total. The van der Waals surface area contributed by atoms with Crippen molar-refractivity contribution in [2.75, 3.05) is 39.3 Å². The third-order valence-corrected chi connectivity index (χ3v) is 5.42. The van der Waals surface area contributed by atoms with E-state index >= 15 is 0 Å². The second-order valence-electron chi connectivity index (χ2n) is 7.56. The Morgan fingerprint density at radius 1 is 1.29 bits per heavy atom. The fourth-order valence-corrected chi connectivity index (χ4v) is 4.04. The topological polar surface area (TPSA) is 74.0 Å². The third kappa shape index (κ3) is 6.58. The summed E-state index contributed by atoms with van der Waals surface area (Å²) in [5.41, 5.74) is 0.985. The van der Waals surface area contributed by atoms with Gasteiger partial charge in [0.05, 0.1) is 11.5 Å². The Bertz CT molecular complexity index is 664. The van der Waals surface area contributed by atoms with Crippen molar-refractivity contribution in [3.05, 3.63) is 39.9 Å². The zero-order valence-electron chi connectivity index (χ0n) is 16.7. The molecule has 28 heavy (non-hydrogen) atoms. The van der Waals surface area contributed by atoms with Crippen molar-refractivity contribution in [2.45, 2.75) is 39.2 Å². The third-order valence-electron chi connectivity index (χ3n) is 5.42. The van der Waals surface area contributed by atoms with Gasteiger partial charge in [0, 0.05) is 38.3 Å². The summed E-state index contributed by atoms with van der Waals surface area (Å²) in [6, 6.07) is 6.74. The molecule has 1 atom stereocenters. The summed E-state index contributed by atoms with van der Waals surface area (Å²) in [5, 5.41) is 14.3. The van der Waals surface area contributed by atoms with Crippen LogP contribution in [0.3, 0.4) is 0 Å². The normalized spacial score (nSPS) is 20.7. The Kier molecular flexibility index (Phi) is 9.43. The Hall–Kier alpha value is -1.42. The molecule has 1 N–H and O–H groups in total. The molecule has 0 radical (unpaired) electrons. The zero-order valence-corrected chi connectivity index (χ0v) is 19.0.